The highest BCUT2D eigenvalue weighted by molar-refractivity contribution is 7.46. The van der Waals surface area contributed by atoms with Gasteiger partial charge in [0.1, 0.15) is 67.1 Å². The standard InChI is InChI=1S/C20H36NO18P/c1-5-10(25)17(15(30)20(34-5)39-40(31,32)33)38-19-14(29)13(28)16(8(4-23)36-19)37-18-9(21-6(2)24)12(27)11(26)7(3-22)35-18/h5,7-20,22-23,25-30H,3-4H2,1-2H3,(H,21,24)(H2,31,32,33)/t5-,7+,8+,9-,10-,11+,12+,13+,14+,15+,16+,17+,18-,19+,20-/m0/s1. The zero-order valence-electron chi connectivity index (χ0n) is 21.3. The van der Waals surface area contributed by atoms with Gasteiger partial charge in [-0.25, -0.2) is 4.57 Å². The van der Waals surface area contributed by atoms with Crippen molar-refractivity contribution in [3.8, 4) is 0 Å². The molecule has 19 nitrogen and oxygen atoms in total. The Bertz CT molecular complexity index is 891. The number of carbonyl (C=O) groups is 1. The third-order valence-corrected chi connectivity index (χ3v) is 7.16. The summed E-state index contributed by atoms with van der Waals surface area (Å²) >= 11 is 0. The number of phosphoric acid groups is 1. The Labute approximate surface area is 227 Å². The van der Waals surface area contributed by atoms with Crippen molar-refractivity contribution in [2.45, 2.75) is 106 Å². The van der Waals surface area contributed by atoms with E-state index in [9.17, 15) is 50.2 Å². The van der Waals surface area contributed by atoms with Gasteiger partial charge in [-0.2, -0.15) is 0 Å². The maximum atomic E-state index is 11.7. The van der Waals surface area contributed by atoms with Crippen LogP contribution in [0.2, 0.25) is 0 Å². The molecule has 3 aliphatic rings. The first-order valence-corrected chi connectivity index (χ1v) is 13.7. The molecule has 0 spiro atoms. The fraction of sp³-hybridized carbons (Fsp3) is 0.950. The molecule has 3 aliphatic heterocycles. The molecule has 0 unspecified atom stereocenters. The minimum atomic E-state index is -5.16. The third-order valence-electron chi connectivity index (χ3n) is 6.68. The minimum Gasteiger partial charge on any atom is -0.394 e. The maximum Gasteiger partial charge on any atom is 0.472 e. The van der Waals surface area contributed by atoms with Crippen molar-refractivity contribution < 1.29 is 88.2 Å². The summed E-state index contributed by atoms with van der Waals surface area (Å²) in [5, 5.41) is 84.8. The fourth-order valence-electron chi connectivity index (χ4n) is 4.61. The highest BCUT2D eigenvalue weighted by atomic mass is 31.2. The molecule has 0 bridgehead atoms. The molecule has 0 saturated carbocycles. The molecule has 3 fully saturated rings. The quantitative estimate of drug-likeness (QED) is 0.108. The number of aliphatic hydroxyl groups excluding tert-OH is 8. The lowest BCUT2D eigenvalue weighted by molar-refractivity contribution is -0.369. The lowest BCUT2D eigenvalue weighted by Crippen LogP contribution is -2.68. The lowest BCUT2D eigenvalue weighted by Gasteiger charge is -2.48. The molecule has 0 aromatic heterocycles. The molecule has 3 rings (SSSR count). The molecule has 3 heterocycles. The van der Waals surface area contributed by atoms with E-state index >= 15 is 0 Å². The molecule has 3 saturated heterocycles. The van der Waals surface area contributed by atoms with Crippen LogP contribution in [-0.2, 0) is 37.6 Å². The Morgan fingerprint density at radius 1 is 0.750 bits per heavy atom. The number of amides is 1. The Hall–Kier alpha value is -0.940. The second kappa shape index (κ2) is 13.6. The van der Waals surface area contributed by atoms with Crippen LogP contribution in [0.3, 0.4) is 0 Å². The number of hydrogen-bond acceptors (Lipinski definition) is 16. The molecule has 0 radical (unpaired) electrons. The summed E-state index contributed by atoms with van der Waals surface area (Å²) in [6.45, 7) is 0.735. The van der Waals surface area contributed by atoms with Crippen LogP contribution >= 0.6 is 7.82 Å². The summed E-state index contributed by atoms with van der Waals surface area (Å²) in [5.41, 5.74) is 0. The number of phosphoric ester groups is 1. The largest absolute Gasteiger partial charge is 0.472 e. The Kier molecular flexibility index (Phi) is 11.4. The first-order chi connectivity index (χ1) is 18.6. The van der Waals surface area contributed by atoms with E-state index in [0.29, 0.717) is 0 Å². The molecule has 0 aromatic carbocycles. The number of nitrogens with one attached hydrogen (secondary N) is 1. The van der Waals surface area contributed by atoms with Crippen molar-refractivity contribution in [3.05, 3.63) is 0 Å². The molecule has 20 heteroatoms. The van der Waals surface area contributed by atoms with Crippen LogP contribution in [0.1, 0.15) is 13.8 Å². The van der Waals surface area contributed by atoms with E-state index in [4.69, 9.17) is 33.5 Å². The van der Waals surface area contributed by atoms with Gasteiger partial charge in [-0.15, -0.1) is 0 Å². The van der Waals surface area contributed by atoms with Gasteiger partial charge in [-0.05, 0) is 6.92 Å². The van der Waals surface area contributed by atoms with E-state index in [1.807, 2.05) is 0 Å². The van der Waals surface area contributed by atoms with Crippen molar-refractivity contribution in [3.63, 3.8) is 0 Å². The van der Waals surface area contributed by atoms with Crippen LogP contribution in [-0.4, -0.2) is 162 Å². The van der Waals surface area contributed by atoms with Crippen LogP contribution in [0.5, 0.6) is 0 Å². The van der Waals surface area contributed by atoms with Crippen LogP contribution in [0.4, 0.5) is 0 Å². The van der Waals surface area contributed by atoms with Crippen molar-refractivity contribution >= 4 is 13.7 Å². The summed E-state index contributed by atoms with van der Waals surface area (Å²) in [4.78, 5) is 29.8. The lowest BCUT2D eigenvalue weighted by atomic mass is 9.95. The monoisotopic (exact) mass is 609 g/mol. The number of carbonyl (C=O) groups excluding carboxylic acids is 1. The maximum absolute atomic E-state index is 11.7. The summed E-state index contributed by atoms with van der Waals surface area (Å²) in [6, 6.07) is -1.42. The zero-order valence-corrected chi connectivity index (χ0v) is 22.2. The molecule has 11 N–H and O–H groups in total. The molecule has 40 heavy (non-hydrogen) atoms. The average molecular weight is 609 g/mol. The van der Waals surface area contributed by atoms with Gasteiger partial charge in [-0.3, -0.25) is 9.32 Å². The normalized spacial score (nSPS) is 46.6. The van der Waals surface area contributed by atoms with Crippen molar-refractivity contribution in [1.29, 1.82) is 0 Å². The predicted octanol–water partition coefficient (Wildman–Crippen LogP) is -6.28. The first-order valence-electron chi connectivity index (χ1n) is 12.2. The predicted molar refractivity (Wildman–Crippen MR) is 122 cm³/mol. The molecular weight excluding hydrogens is 573 g/mol. The SMILES string of the molecule is CC(=O)N[C@@H]1[C@H](O[C@H]2[C@H](O)[C@@H](O)[C@@H](O[C@@H]3[C@@H](O)[C@H](C)O[C@@H](OP(=O)(O)O)[C@@H]3O)O[C@@H]2CO)O[C@H](CO)[C@@H](O)[C@@H]1O. The minimum absolute atomic E-state index is 0.660. The van der Waals surface area contributed by atoms with Crippen molar-refractivity contribution in [2.24, 2.45) is 0 Å². The molecule has 0 aliphatic carbocycles. The van der Waals surface area contributed by atoms with E-state index in [0.717, 1.165) is 6.92 Å². The molecular formula is C20H36NO18P. The Morgan fingerprint density at radius 3 is 1.88 bits per heavy atom. The van der Waals surface area contributed by atoms with Gasteiger partial charge in [-0.1, -0.05) is 0 Å². The van der Waals surface area contributed by atoms with Gasteiger partial charge in [0, 0.05) is 6.92 Å². The Balaban J connectivity index is 1.78. The summed E-state index contributed by atoms with van der Waals surface area (Å²) < 4.78 is 42.7. The topological polar surface area (TPSA) is 304 Å². The fourth-order valence-corrected chi connectivity index (χ4v) is 5.05. The highest BCUT2D eigenvalue weighted by Crippen LogP contribution is 2.41. The second-order valence-electron chi connectivity index (χ2n) is 9.63. The molecule has 234 valence electrons. The number of ether oxygens (including phenoxy) is 5. The van der Waals surface area contributed by atoms with E-state index in [2.05, 4.69) is 9.84 Å². The smallest absolute Gasteiger partial charge is 0.394 e. The van der Waals surface area contributed by atoms with Gasteiger partial charge >= 0.3 is 7.82 Å². The number of rotatable bonds is 9. The average Bonchev–Trinajstić information content (AvgIpc) is 2.87. The van der Waals surface area contributed by atoms with Gasteiger partial charge in [0.05, 0.1) is 19.3 Å². The van der Waals surface area contributed by atoms with Crippen molar-refractivity contribution in [2.75, 3.05) is 13.2 Å². The van der Waals surface area contributed by atoms with E-state index in [1.54, 1.807) is 0 Å². The van der Waals surface area contributed by atoms with E-state index in [-0.39, 0.29) is 0 Å². The highest BCUT2D eigenvalue weighted by Gasteiger charge is 2.54. The third kappa shape index (κ3) is 7.52. The Morgan fingerprint density at radius 2 is 1.32 bits per heavy atom. The second-order valence-corrected chi connectivity index (χ2v) is 10.8. The van der Waals surface area contributed by atoms with E-state index in [1.165, 1.54) is 6.92 Å². The van der Waals surface area contributed by atoms with Gasteiger partial charge < -0.3 is 79.6 Å². The molecule has 15 atom stereocenters. The summed E-state index contributed by atoms with van der Waals surface area (Å²) in [5.74, 6) is -0.660. The molecule has 1 amide bonds. The number of hydrogen-bond donors (Lipinski definition) is 11. The van der Waals surface area contributed by atoms with Crippen LogP contribution in [0.15, 0.2) is 0 Å². The van der Waals surface area contributed by atoms with Gasteiger partial charge in [0.25, 0.3) is 0 Å². The van der Waals surface area contributed by atoms with Gasteiger partial charge in [0.15, 0.2) is 18.9 Å². The van der Waals surface area contributed by atoms with Crippen LogP contribution in [0.25, 0.3) is 0 Å². The first kappa shape index (κ1) is 33.6. The number of aliphatic hydroxyl groups is 8. The summed E-state index contributed by atoms with van der Waals surface area (Å²) in [6.07, 6.45) is -23.8. The summed E-state index contributed by atoms with van der Waals surface area (Å²) in [7, 11) is -5.16. The van der Waals surface area contributed by atoms with Crippen LogP contribution < -0.4 is 5.32 Å². The van der Waals surface area contributed by atoms with E-state index < -0.39 is 119 Å². The molecule has 0 aromatic rings. The van der Waals surface area contributed by atoms with Crippen molar-refractivity contribution in [1.82, 2.24) is 5.32 Å². The van der Waals surface area contributed by atoms with Gasteiger partial charge in [0.2, 0.25) is 5.91 Å². The zero-order chi connectivity index (χ0) is 30.1. The van der Waals surface area contributed by atoms with Crippen LogP contribution in [0, 0.1) is 0 Å².